The van der Waals surface area contributed by atoms with Crippen molar-refractivity contribution in [1.29, 1.82) is 0 Å². The van der Waals surface area contributed by atoms with Crippen molar-refractivity contribution in [2.45, 2.75) is 31.8 Å². The summed E-state index contributed by atoms with van der Waals surface area (Å²) in [4.78, 5) is 31.7. The van der Waals surface area contributed by atoms with Crippen molar-refractivity contribution in [1.82, 2.24) is 14.2 Å². The molecule has 1 N–H and O–H groups in total. The lowest BCUT2D eigenvalue weighted by atomic mass is 9.81. The quantitative estimate of drug-likeness (QED) is 0.675. The molecule has 2 aliphatic heterocycles. The monoisotopic (exact) mass is 454 g/mol. The first-order chi connectivity index (χ1) is 15.6. The molecule has 4 fully saturated rings. The second-order valence-corrected chi connectivity index (χ2v) is 10.8. The van der Waals surface area contributed by atoms with Crippen LogP contribution in [0.25, 0.3) is 10.1 Å². The predicted octanol–water partition coefficient (Wildman–Crippen LogP) is 2.20. The Morgan fingerprint density at radius 1 is 1.03 bits per heavy atom. The first kappa shape index (κ1) is 20.6. The zero-order valence-electron chi connectivity index (χ0n) is 18.2. The van der Waals surface area contributed by atoms with Crippen molar-refractivity contribution in [2.24, 2.45) is 23.7 Å². The van der Waals surface area contributed by atoms with Gasteiger partial charge in [-0.1, -0.05) is 12.1 Å². The third-order valence-electron chi connectivity index (χ3n) is 8.20. The number of aromatic nitrogens is 1. The Labute approximate surface area is 192 Å². The van der Waals surface area contributed by atoms with Crippen molar-refractivity contribution in [3.63, 3.8) is 0 Å². The Hall–Kier alpha value is -2.03. The molecule has 32 heavy (non-hydrogen) atoms. The third kappa shape index (κ3) is 3.35. The van der Waals surface area contributed by atoms with Gasteiger partial charge in [-0.15, -0.1) is 0 Å². The normalized spacial score (nSPS) is 31.2. The van der Waals surface area contributed by atoms with Crippen LogP contribution in [-0.2, 0) is 9.59 Å². The van der Waals surface area contributed by atoms with Gasteiger partial charge in [0.25, 0.3) is 0 Å². The number of carbonyl (C=O) groups excluding carboxylic acids is 2. The number of β-amino-alcohol motifs (C(OH)–C–C–N with tert-alkyl or cyclic N) is 1. The maximum atomic E-state index is 12.8. The van der Waals surface area contributed by atoms with Crippen LogP contribution in [0.15, 0.2) is 24.3 Å². The highest BCUT2D eigenvalue weighted by molar-refractivity contribution is 7.13. The van der Waals surface area contributed by atoms with E-state index >= 15 is 0 Å². The zero-order valence-corrected chi connectivity index (χ0v) is 19.0. The Kier molecular flexibility index (Phi) is 5.19. The molecule has 2 amide bonds. The summed E-state index contributed by atoms with van der Waals surface area (Å²) in [6, 6.07) is 8.34. The van der Waals surface area contributed by atoms with Gasteiger partial charge in [0.05, 0.1) is 22.6 Å². The molecule has 6 rings (SSSR count). The van der Waals surface area contributed by atoms with Crippen LogP contribution in [0.2, 0.25) is 0 Å². The van der Waals surface area contributed by atoms with Gasteiger partial charge in [0.2, 0.25) is 11.8 Å². The number of imide groups is 1. The second-order valence-electron chi connectivity index (χ2n) is 9.95. The number of aliphatic hydroxyl groups excluding tert-OH is 1. The van der Waals surface area contributed by atoms with E-state index in [4.69, 9.17) is 0 Å². The van der Waals surface area contributed by atoms with Gasteiger partial charge in [-0.3, -0.25) is 19.4 Å². The molecule has 1 aromatic carbocycles. The molecule has 2 aliphatic carbocycles. The summed E-state index contributed by atoms with van der Waals surface area (Å²) in [5.74, 6) is 1.84. The molecule has 0 spiro atoms. The second kappa shape index (κ2) is 8.08. The number of hydrogen-bond acceptors (Lipinski definition) is 7. The lowest BCUT2D eigenvalue weighted by Gasteiger charge is -2.36. The molecule has 7 nitrogen and oxygen atoms in total. The minimum atomic E-state index is -0.528. The predicted molar refractivity (Wildman–Crippen MR) is 123 cm³/mol. The molecule has 2 bridgehead atoms. The number of amides is 2. The number of aliphatic hydroxyl groups is 1. The Morgan fingerprint density at radius 2 is 1.72 bits per heavy atom. The van der Waals surface area contributed by atoms with Crippen molar-refractivity contribution >= 4 is 39.3 Å². The molecule has 2 saturated heterocycles. The zero-order chi connectivity index (χ0) is 21.8. The number of benzene rings is 1. The van der Waals surface area contributed by atoms with E-state index in [9.17, 15) is 14.7 Å². The van der Waals surface area contributed by atoms with E-state index in [1.54, 1.807) is 11.5 Å². The molecule has 4 aliphatic rings. The number of fused-ring (bicyclic) bond motifs is 6. The summed E-state index contributed by atoms with van der Waals surface area (Å²) >= 11 is 1.54. The fourth-order valence-electron chi connectivity index (χ4n) is 6.60. The smallest absolute Gasteiger partial charge is 0.233 e. The highest BCUT2D eigenvalue weighted by atomic mass is 32.1. The summed E-state index contributed by atoms with van der Waals surface area (Å²) in [7, 11) is 0. The van der Waals surface area contributed by atoms with Crippen LogP contribution in [-0.4, -0.2) is 76.5 Å². The van der Waals surface area contributed by atoms with Crippen LogP contribution in [0.5, 0.6) is 0 Å². The minimum absolute atomic E-state index is 0.0310. The summed E-state index contributed by atoms with van der Waals surface area (Å²) < 4.78 is 5.87. The highest BCUT2D eigenvalue weighted by Crippen LogP contribution is 2.56. The number of likely N-dealkylation sites (tertiary alicyclic amines) is 1. The molecule has 1 unspecified atom stereocenters. The average molecular weight is 455 g/mol. The van der Waals surface area contributed by atoms with E-state index in [0.29, 0.717) is 31.3 Å². The van der Waals surface area contributed by atoms with Gasteiger partial charge in [-0.2, -0.15) is 4.37 Å². The van der Waals surface area contributed by atoms with E-state index in [-0.39, 0.29) is 23.7 Å². The largest absolute Gasteiger partial charge is 0.392 e. The number of anilines is 1. The Balaban J connectivity index is 0.998. The highest BCUT2D eigenvalue weighted by Gasteiger charge is 2.60. The number of nitrogens with zero attached hydrogens (tertiary/aromatic N) is 4. The molecular formula is C24H30N4O3S. The lowest BCUT2D eigenvalue weighted by Crippen LogP contribution is -2.49. The molecule has 1 aromatic heterocycles. The van der Waals surface area contributed by atoms with Crippen LogP contribution < -0.4 is 4.90 Å². The fourth-order valence-corrected chi connectivity index (χ4v) is 7.40. The maximum absolute atomic E-state index is 12.8. The Morgan fingerprint density at radius 3 is 2.44 bits per heavy atom. The van der Waals surface area contributed by atoms with E-state index < -0.39 is 6.10 Å². The maximum Gasteiger partial charge on any atom is 0.233 e. The van der Waals surface area contributed by atoms with E-state index in [0.717, 1.165) is 51.3 Å². The van der Waals surface area contributed by atoms with Gasteiger partial charge >= 0.3 is 0 Å². The average Bonchev–Trinajstić information content (AvgIpc) is 3.57. The van der Waals surface area contributed by atoms with Crippen LogP contribution in [0.4, 0.5) is 5.82 Å². The van der Waals surface area contributed by atoms with Gasteiger partial charge in [0, 0.05) is 44.7 Å². The SMILES string of the molecule is O=C1[C@@H]2[C@H]3CC[C@H](C3)[C@@H]2C(=O)N1CCC(O)CN1CCN(c2nsc3ccccc23)CC1. The fraction of sp³-hybridized carbons (Fsp3) is 0.625. The summed E-state index contributed by atoms with van der Waals surface area (Å²) in [5.41, 5.74) is 0. The van der Waals surface area contributed by atoms with E-state index in [2.05, 4.69) is 32.4 Å². The van der Waals surface area contributed by atoms with Crippen LogP contribution in [0, 0.1) is 23.7 Å². The van der Waals surface area contributed by atoms with Crippen LogP contribution >= 0.6 is 11.5 Å². The number of piperazine rings is 1. The first-order valence-electron chi connectivity index (χ1n) is 11.9. The molecule has 2 aromatic rings. The summed E-state index contributed by atoms with van der Waals surface area (Å²) in [6.07, 6.45) is 3.20. The molecule has 2 saturated carbocycles. The van der Waals surface area contributed by atoms with Gasteiger partial charge in [0.1, 0.15) is 5.82 Å². The molecule has 8 heteroatoms. The topological polar surface area (TPSA) is 77.0 Å². The van der Waals surface area contributed by atoms with Crippen molar-refractivity contribution in [3.05, 3.63) is 24.3 Å². The lowest BCUT2D eigenvalue weighted by molar-refractivity contribution is -0.141. The standard InChI is InChI=1S/C24H30N4O3S/c29-17(7-8-28-23(30)20-15-5-6-16(13-15)21(20)24(28)31)14-26-9-11-27(12-10-26)22-18-3-1-2-4-19(18)32-25-22/h1-4,15-17,20-21,29H,5-14H2/t15-,16+,17?,20+,21-. The number of rotatable bonds is 6. The Bertz CT molecular complexity index is 1010. The van der Waals surface area contributed by atoms with Crippen molar-refractivity contribution < 1.29 is 14.7 Å². The summed E-state index contributed by atoms with van der Waals surface area (Å²) in [6.45, 7) is 4.46. The van der Waals surface area contributed by atoms with Crippen molar-refractivity contribution in [3.8, 4) is 0 Å². The number of hydrogen-bond donors (Lipinski definition) is 1. The van der Waals surface area contributed by atoms with Gasteiger partial charge in [0.15, 0.2) is 0 Å². The van der Waals surface area contributed by atoms with Crippen LogP contribution in [0.1, 0.15) is 25.7 Å². The van der Waals surface area contributed by atoms with E-state index in [1.165, 1.54) is 15.0 Å². The van der Waals surface area contributed by atoms with Gasteiger partial charge in [-0.25, -0.2) is 0 Å². The van der Waals surface area contributed by atoms with Crippen LogP contribution in [0.3, 0.4) is 0 Å². The molecule has 0 radical (unpaired) electrons. The van der Waals surface area contributed by atoms with Gasteiger partial charge < -0.3 is 10.0 Å². The summed E-state index contributed by atoms with van der Waals surface area (Å²) in [5, 5.41) is 11.8. The number of carbonyl (C=O) groups is 2. The molecule has 5 atom stereocenters. The van der Waals surface area contributed by atoms with E-state index in [1.807, 2.05) is 6.07 Å². The first-order valence-corrected chi connectivity index (χ1v) is 12.7. The molecule has 3 heterocycles. The molecule has 170 valence electrons. The third-order valence-corrected chi connectivity index (χ3v) is 9.02. The van der Waals surface area contributed by atoms with Crippen molar-refractivity contribution in [2.75, 3.05) is 44.2 Å². The molecular weight excluding hydrogens is 424 g/mol. The van der Waals surface area contributed by atoms with Gasteiger partial charge in [-0.05, 0) is 61.2 Å². The minimum Gasteiger partial charge on any atom is -0.392 e.